The average Bonchev–Trinajstić information content (AvgIpc) is 3.14. The first-order valence-corrected chi connectivity index (χ1v) is 8.94. The molecule has 2 heterocycles. The standard InChI is InChI=1S/C18H14N4O4S/c1-25-14-5-2-12(3-6-14)22-18(19-20-21-22)27-10-11-8-17(24)26-16-9-13(23)4-7-15(11)16/h2-9,23H,10H2,1H3. The number of aromatic hydroxyl groups is 1. The minimum Gasteiger partial charge on any atom is -0.508 e. The van der Waals surface area contributed by atoms with Crippen LogP contribution >= 0.6 is 11.8 Å². The summed E-state index contributed by atoms with van der Waals surface area (Å²) >= 11 is 1.39. The van der Waals surface area contributed by atoms with Crippen LogP contribution in [0.3, 0.4) is 0 Å². The molecule has 2 aromatic heterocycles. The second-order valence-corrected chi connectivity index (χ2v) is 6.57. The first kappa shape index (κ1) is 17.1. The Hall–Kier alpha value is -3.33. The SMILES string of the molecule is COc1ccc(-n2nnnc2SCc2cc(=O)oc3cc(O)ccc23)cc1. The Labute approximate surface area is 157 Å². The van der Waals surface area contributed by atoms with E-state index in [0.717, 1.165) is 22.4 Å². The molecule has 9 heteroatoms. The molecule has 0 aliphatic carbocycles. The number of methoxy groups -OCH3 is 1. The summed E-state index contributed by atoms with van der Waals surface area (Å²) in [4.78, 5) is 11.8. The highest BCUT2D eigenvalue weighted by Crippen LogP contribution is 2.28. The third-order valence-electron chi connectivity index (χ3n) is 3.93. The van der Waals surface area contributed by atoms with Crippen LogP contribution in [0.25, 0.3) is 16.7 Å². The maximum atomic E-state index is 11.8. The molecule has 0 aliphatic heterocycles. The lowest BCUT2D eigenvalue weighted by Gasteiger charge is -2.07. The van der Waals surface area contributed by atoms with Gasteiger partial charge in [0.15, 0.2) is 0 Å². The van der Waals surface area contributed by atoms with Gasteiger partial charge in [0.2, 0.25) is 5.16 Å². The fourth-order valence-corrected chi connectivity index (χ4v) is 3.52. The largest absolute Gasteiger partial charge is 0.508 e. The molecule has 0 saturated heterocycles. The molecular weight excluding hydrogens is 368 g/mol. The van der Waals surface area contributed by atoms with E-state index < -0.39 is 5.63 Å². The van der Waals surface area contributed by atoms with Crippen molar-refractivity contribution in [2.75, 3.05) is 7.11 Å². The molecule has 1 N–H and O–H groups in total. The van der Waals surface area contributed by atoms with Crippen LogP contribution in [-0.2, 0) is 5.75 Å². The molecule has 0 unspecified atom stereocenters. The van der Waals surface area contributed by atoms with Crippen LogP contribution in [0.4, 0.5) is 0 Å². The Kier molecular flexibility index (Phi) is 4.51. The molecule has 27 heavy (non-hydrogen) atoms. The zero-order chi connectivity index (χ0) is 18.8. The molecule has 2 aromatic carbocycles. The summed E-state index contributed by atoms with van der Waals surface area (Å²) in [5.74, 6) is 1.24. The number of thioether (sulfide) groups is 1. The van der Waals surface area contributed by atoms with Gasteiger partial charge in [-0.05, 0) is 52.4 Å². The molecule has 0 aliphatic rings. The summed E-state index contributed by atoms with van der Waals surface area (Å²) in [5.41, 5.74) is 1.44. The molecule has 0 amide bonds. The summed E-state index contributed by atoms with van der Waals surface area (Å²) in [6.07, 6.45) is 0. The number of hydrogen-bond donors (Lipinski definition) is 1. The van der Waals surface area contributed by atoms with Gasteiger partial charge < -0.3 is 14.3 Å². The second-order valence-electron chi connectivity index (χ2n) is 5.63. The van der Waals surface area contributed by atoms with Crippen molar-refractivity contribution < 1.29 is 14.3 Å². The highest BCUT2D eigenvalue weighted by Gasteiger charge is 2.12. The van der Waals surface area contributed by atoms with Crippen LogP contribution in [0.5, 0.6) is 11.5 Å². The number of hydrogen-bond acceptors (Lipinski definition) is 8. The normalized spacial score (nSPS) is 11.0. The smallest absolute Gasteiger partial charge is 0.336 e. The van der Waals surface area contributed by atoms with Crippen LogP contribution in [0, 0.1) is 0 Å². The molecule has 4 rings (SSSR count). The lowest BCUT2D eigenvalue weighted by atomic mass is 10.1. The highest BCUT2D eigenvalue weighted by molar-refractivity contribution is 7.98. The van der Waals surface area contributed by atoms with E-state index in [9.17, 15) is 9.90 Å². The monoisotopic (exact) mass is 382 g/mol. The Morgan fingerprint density at radius 3 is 2.78 bits per heavy atom. The van der Waals surface area contributed by atoms with Crippen molar-refractivity contribution in [2.24, 2.45) is 0 Å². The van der Waals surface area contributed by atoms with E-state index in [1.807, 2.05) is 24.3 Å². The molecule has 136 valence electrons. The number of tetrazole rings is 1. The molecule has 8 nitrogen and oxygen atoms in total. The Bertz CT molecular complexity index is 1150. The third kappa shape index (κ3) is 3.49. The van der Waals surface area contributed by atoms with Gasteiger partial charge in [0, 0.05) is 23.3 Å². The van der Waals surface area contributed by atoms with Crippen LogP contribution < -0.4 is 10.4 Å². The van der Waals surface area contributed by atoms with Gasteiger partial charge in [0.05, 0.1) is 12.8 Å². The molecule has 4 aromatic rings. The van der Waals surface area contributed by atoms with Gasteiger partial charge in [0.1, 0.15) is 17.1 Å². The quantitative estimate of drug-likeness (QED) is 0.415. The van der Waals surface area contributed by atoms with Gasteiger partial charge in [-0.1, -0.05) is 11.8 Å². The van der Waals surface area contributed by atoms with Crippen molar-refractivity contribution in [2.45, 2.75) is 10.9 Å². The summed E-state index contributed by atoms with van der Waals surface area (Å²) in [6, 6.07) is 13.5. The minimum absolute atomic E-state index is 0.0406. The number of aromatic nitrogens is 4. The van der Waals surface area contributed by atoms with E-state index in [0.29, 0.717) is 16.5 Å². The molecule has 0 fully saturated rings. The van der Waals surface area contributed by atoms with Gasteiger partial charge in [-0.2, -0.15) is 4.68 Å². The van der Waals surface area contributed by atoms with E-state index in [-0.39, 0.29) is 5.75 Å². The zero-order valence-corrected chi connectivity index (χ0v) is 15.0. The van der Waals surface area contributed by atoms with Gasteiger partial charge in [-0.25, -0.2) is 4.79 Å². The number of fused-ring (bicyclic) bond motifs is 1. The lowest BCUT2D eigenvalue weighted by Crippen LogP contribution is -2.01. The van der Waals surface area contributed by atoms with Crippen molar-refractivity contribution in [1.82, 2.24) is 20.2 Å². The number of phenols is 1. The van der Waals surface area contributed by atoms with Gasteiger partial charge in [-0.3, -0.25) is 0 Å². The lowest BCUT2D eigenvalue weighted by molar-refractivity contribution is 0.414. The van der Waals surface area contributed by atoms with Crippen LogP contribution in [0.2, 0.25) is 0 Å². The number of phenolic OH excluding ortho intramolecular Hbond substituents is 1. The maximum Gasteiger partial charge on any atom is 0.336 e. The van der Waals surface area contributed by atoms with E-state index in [1.165, 1.54) is 23.9 Å². The fraction of sp³-hybridized carbons (Fsp3) is 0.111. The van der Waals surface area contributed by atoms with E-state index >= 15 is 0 Å². The molecule has 0 atom stereocenters. The number of benzene rings is 2. The molecule has 0 bridgehead atoms. The van der Waals surface area contributed by atoms with E-state index in [1.54, 1.807) is 23.9 Å². The predicted octanol–water partition coefficient (Wildman–Crippen LogP) is 2.78. The summed E-state index contributed by atoms with van der Waals surface area (Å²) < 4.78 is 11.9. The first-order valence-electron chi connectivity index (χ1n) is 7.95. The van der Waals surface area contributed by atoms with Crippen LogP contribution in [0.1, 0.15) is 5.56 Å². The van der Waals surface area contributed by atoms with E-state index in [4.69, 9.17) is 9.15 Å². The second kappa shape index (κ2) is 7.12. The first-order chi connectivity index (χ1) is 13.1. The number of ether oxygens (including phenoxy) is 1. The zero-order valence-electron chi connectivity index (χ0n) is 14.2. The van der Waals surface area contributed by atoms with Crippen LogP contribution in [-0.4, -0.2) is 32.4 Å². The highest BCUT2D eigenvalue weighted by atomic mass is 32.2. The van der Waals surface area contributed by atoms with Crippen LogP contribution in [0.15, 0.2) is 62.9 Å². The van der Waals surface area contributed by atoms with Crippen molar-refractivity contribution >= 4 is 22.7 Å². The molecule has 0 radical (unpaired) electrons. The average molecular weight is 382 g/mol. The maximum absolute atomic E-state index is 11.8. The van der Waals surface area contributed by atoms with Crippen molar-refractivity contribution in [1.29, 1.82) is 0 Å². The topological polar surface area (TPSA) is 103 Å². The minimum atomic E-state index is -0.474. The Morgan fingerprint density at radius 1 is 1.19 bits per heavy atom. The van der Waals surface area contributed by atoms with E-state index in [2.05, 4.69) is 15.5 Å². The molecule has 0 spiro atoms. The van der Waals surface area contributed by atoms with Crippen molar-refractivity contribution in [3.05, 3.63) is 64.5 Å². The van der Waals surface area contributed by atoms with Gasteiger partial charge in [0.25, 0.3) is 0 Å². The summed E-state index contributed by atoms with van der Waals surface area (Å²) in [7, 11) is 1.60. The molecular formula is C18H14N4O4S. The summed E-state index contributed by atoms with van der Waals surface area (Å²) in [6.45, 7) is 0. The number of rotatable bonds is 5. The Morgan fingerprint density at radius 2 is 2.00 bits per heavy atom. The van der Waals surface area contributed by atoms with Crippen molar-refractivity contribution in [3.63, 3.8) is 0 Å². The predicted molar refractivity (Wildman–Crippen MR) is 99.4 cm³/mol. The van der Waals surface area contributed by atoms with Gasteiger partial charge >= 0.3 is 5.63 Å². The third-order valence-corrected chi connectivity index (χ3v) is 4.90. The van der Waals surface area contributed by atoms with Gasteiger partial charge in [-0.15, -0.1) is 5.10 Å². The fourth-order valence-electron chi connectivity index (χ4n) is 2.63. The Balaban J connectivity index is 1.62. The van der Waals surface area contributed by atoms with Crippen molar-refractivity contribution in [3.8, 4) is 17.2 Å². The molecule has 0 saturated carbocycles. The summed E-state index contributed by atoms with van der Waals surface area (Å²) in [5, 5.41) is 22.8. The number of nitrogens with zero attached hydrogens (tertiary/aromatic N) is 4.